The summed E-state index contributed by atoms with van der Waals surface area (Å²) >= 11 is 3.12. The van der Waals surface area contributed by atoms with Crippen LogP contribution in [0.5, 0.6) is 0 Å². The third-order valence-corrected chi connectivity index (χ3v) is 5.54. The predicted molar refractivity (Wildman–Crippen MR) is 80.2 cm³/mol. The second kappa shape index (κ2) is 5.06. The number of thiazole rings is 1. The highest BCUT2D eigenvalue weighted by Gasteiger charge is 2.20. The van der Waals surface area contributed by atoms with Crippen LogP contribution in [0.2, 0.25) is 0 Å². The molecule has 0 aromatic carbocycles. The van der Waals surface area contributed by atoms with Gasteiger partial charge in [0.25, 0.3) is 0 Å². The molecule has 3 nitrogen and oxygen atoms in total. The summed E-state index contributed by atoms with van der Waals surface area (Å²) in [5.74, 6) is -0.311. The minimum Gasteiger partial charge on any atom is -0.465 e. The maximum Gasteiger partial charge on any atom is 0.349 e. The van der Waals surface area contributed by atoms with Gasteiger partial charge in [-0.2, -0.15) is 0 Å². The lowest BCUT2D eigenvalue weighted by Gasteiger charge is -2.15. The van der Waals surface area contributed by atoms with Gasteiger partial charge in [0.15, 0.2) is 0 Å². The van der Waals surface area contributed by atoms with Gasteiger partial charge in [-0.05, 0) is 24.5 Å². The molecule has 0 unspecified atom stereocenters. The molecule has 0 N–H and O–H groups in total. The topological polar surface area (TPSA) is 39.2 Å². The number of hydrogen-bond acceptors (Lipinski definition) is 5. The van der Waals surface area contributed by atoms with E-state index in [1.54, 1.807) is 11.3 Å². The maximum atomic E-state index is 11.6. The zero-order chi connectivity index (χ0) is 14.2. The minimum atomic E-state index is -0.311. The van der Waals surface area contributed by atoms with Crippen molar-refractivity contribution < 1.29 is 9.53 Å². The normalized spacial score (nSPS) is 11.6. The van der Waals surface area contributed by atoms with Crippen molar-refractivity contribution in [3.8, 4) is 9.88 Å². The summed E-state index contributed by atoms with van der Waals surface area (Å²) in [4.78, 5) is 19.1. The van der Waals surface area contributed by atoms with E-state index in [-0.39, 0.29) is 11.4 Å². The second-order valence-electron chi connectivity index (χ2n) is 5.34. The Labute approximate surface area is 121 Å². The number of ether oxygens (including phenoxy) is 1. The number of methoxy groups -OCH3 is 1. The zero-order valence-electron chi connectivity index (χ0n) is 11.7. The summed E-state index contributed by atoms with van der Waals surface area (Å²) in [5, 5.41) is 0.887. The molecule has 2 heterocycles. The van der Waals surface area contributed by atoms with E-state index in [4.69, 9.17) is 4.74 Å². The van der Waals surface area contributed by atoms with Crippen LogP contribution < -0.4 is 0 Å². The van der Waals surface area contributed by atoms with Gasteiger partial charge in [0.1, 0.15) is 9.88 Å². The van der Waals surface area contributed by atoms with E-state index in [0.29, 0.717) is 4.88 Å². The SMILES string of the molecule is COC(=O)c1sc(-c2ccc(C(C)(C)C)s2)nc1C. The standard InChI is InChI=1S/C14H17NO2S2/c1-8-11(13(16)17-5)19-12(15-8)9-6-7-10(18-9)14(2,3)4/h6-7H,1-5H3. The van der Waals surface area contributed by atoms with Crippen LogP contribution in [0, 0.1) is 6.92 Å². The Morgan fingerprint density at radius 2 is 1.95 bits per heavy atom. The van der Waals surface area contributed by atoms with Crippen molar-refractivity contribution in [3.05, 3.63) is 27.6 Å². The molecule has 2 aromatic heterocycles. The van der Waals surface area contributed by atoms with Gasteiger partial charge in [0.2, 0.25) is 0 Å². The maximum absolute atomic E-state index is 11.6. The molecular weight excluding hydrogens is 278 g/mol. The molecule has 0 spiro atoms. The van der Waals surface area contributed by atoms with Crippen molar-refractivity contribution in [3.63, 3.8) is 0 Å². The summed E-state index contributed by atoms with van der Waals surface area (Å²) in [6, 6.07) is 4.21. The van der Waals surface area contributed by atoms with Gasteiger partial charge < -0.3 is 4.74 Å². The van der Waals surface area contributed by atoms with Gasteiger partial charge in [0, 0.05) is 4.88 Å². The first-order valence-corrected chi connectivity index (χ1v) is 7.62. The van der Waals surface area contributed by atoms with Gasteiger partial charge in [-0.1, -0.05) is 20.8 Å². The van der Waals surface area contributed by atoms with E-state index < -0.39 is 0 Å². The van der Waals surface area contributed by atoms with Crippen LogP contribution in [-0.4, -0.2) is 18.1 Å². The van der Waals surface area contributed by atoms with Crippen molar-refractivity contribution in [1.82, 2.24) is 4.98 Å². The highest BCUT2D eigenvalue weighted by molar-refractivity contribution is 7.22. The summed E-state index contributed by atoms with van der Waals surface area (Å²) < 4.78 is 4.76. The molecule has 2 rings (SSSR count). The molecular formula is C14H17NO2S2. The number of carbonyl (C=O) groups excluding carboxylic acids is 1. The van der Waals surface area contributed by atoms with E-state index in [1.165, 1.54) is 23.3 Å². The second-order valence-corrected chi connectivity index (χ2v) is 7.42. The molecule has 0 atom stereocenters. The summed E-state index contributed by atoms with van der Waals surface area (Å²) in [6.45, 7) is 8.41. The van der Waals surface area contributed by atoms with Gasteiger partial charge in [-0.15, -0.1) is 22.7 Å². The number of carbonyl (C=O) groups is 1. The molecule has 0 fully saturated rings. The Balaban J connectivity index is 2.38. The lowest BCUT2D eigenvalue weighted by Crippen LogP contribution is -2.07. The average Bonchev–Trinajstić information content (AvgIpc) is 2.93. The summed E-state index contributed by atoms with van der Waals surface area (Å²) in [5.41, 5.74) is 0.873. The number of esters is 1. The van der Waals surface area contributed by atoms with Crippen molar-refractivity contribution in [2.75, 3.05) is 7.11 Å². The van der Waals surface area contributed by atoms with E-state index in [0.717, 1.165) is 15.6 Å². The molecule has 0 aliphatic carbocycles. The van der Waals surface area contributed by atoms with Crippen LogP contribution in [-0.2, 0) is 10.2 Å². The molecule has 0 saturated heterocycles. The van der Waals surface area contributed by atoms with Crippen LogP contribution in [0.1, 0.15) is 41.0 Å². The fourth-order valence-electron chi connectivity index (χ4n) is 1.64. The van der Waals surface area contributed by atoms with Crippen molar-refractivity contribution in [1.29, 1.82) is 0 Å². The van der Waals surface area contributed by atoms with E-state index >= 15 is 0 Å². The fourth-order valence-corrected chi connectivity index (χ4v) is 3.74. The minimum absolute atomic E-state index is 0.139. The summed E-state index contributed by atoms with van der Waals surface area (Å²) in [7, 11) is 1.39. The number of hydrogen-bond donors (Lipinski definition) is 0. The van der Waals surface area contributed by atoms with Crippen LogP contribution in [0.25, 0.3) is 9.88 Å². The number of rotatable bonds is 2. The number of thiophene rings is 1. The van der Waals surface area contributed by atoms with Crippen LogP contribution >= 0.6 is 22.7 Å². The average molecular weight is 295 g/mol. The Kier molecular flexibility index (Phi) is 3.78. The van der Waals surface area contributed by atoms with E-state index in [9.17, 15) is 4.79 Å². The monoisotopic (exact) mass is 295 g/mol. The fraction of sp³-hybridized carbons (Fsp3) is 0.429. The summed E-state index contributed by atoms with van der Waals surface area (Å²) in [6.07, 6.45) is 0. The molecule has 5 heteroatoms. The Bertz CT molecular complexity index is 605. The smallest absolute Gasteiger partial charge is 0.349 e. The highest BCUT2D eigenvalue weighted by atomic mass is 32.1. The van der Waals surface area contributed by atoms with Gasteiger partial charge in [0.05, 0.1) is 17.7 Å². The Morgan fingerprint density at radius 3 is 2.47 bits per heavy atom. The molecule has 19 heavy (non-hydrogen) atoms. The third-order valence-electron chi connectivity index (χ3n) is 2.72. The number of nitrogens with zero attached hydrogens (tertiary/aromatic N) is 1. The molecule has 0 amide bonds. The lowest BCUT2D eigenvalue weighted by atomic mass is 9.95. The molecule has 0 bridgehead atoms. The molecule has 0 saturated carbocycles. The first-order chi connectivity index (χ1) is 8.82. The third kappa shape index (κ3) is 2.87. The van der Waals surface area contributed by atoms with E-state index in [1.807, 2.05) is 6.92 Å². The van der Waals surface area contributed by atoms with E-state index in [2.05, 4.69) is 37.9 Å². The van der Waals surface area contributed by atoms with Crippen LogP contribution in [0.4, 0.5) is 0 Å². The first kappa shape index (κ1) is 14.2. The highest BCUT2D eigenvalue weighted by Crippen LogP contribution is 2.37. The predicted octanol–water partition coefficient (Wildman–Crippen LogP) is 4.26. The van der Waals surface area contributed by atoms with Crippen LogP contribution in [0.15, 0.2) is 12.1 Å². The lowest BCUT2D eigenvalue weighted by molar-refractivity contribution is 0.0605. The molecule has 2 aromatic rings. The molecule has 102 valence electrons. The van der Waals surface area contributed by atoms with Crippen molar-refractivity contribution in [2.45, 2.75) is 33.1 Å². The largest absolute Gasteiger partial charge is 0.465 e. The molecule has 0 aliphatic rings. The quantitative estimate of drug-likeness (QED) is 0.777. The van der Waals surface area contributed by atoms with Crippen molar-refractivity contribution >= 4 is 28.6 Å². The number of aryl methyl sites for hydroxylation is 1. The van der Waals surface area contributed by atoms with Crippen molar-refractivity contribution in [2.24, 2.45) is 0 Å². The molecule has 0 aliphatic heterocycles. The Hall–Kier alpha value is -1.20. The molecule has 0 radical (unpaired) electrons. The Morgan fingerprint density at radius 1 is 1.26 bits per heavy atom. The zero-order valence-corrected chi connectivity index (χ0v) is 13.4. The van der Waals surface area contributed by atoms with Gasteiger partial charge in [-0.25, -0.2) is 9.78 Å². The van der Waals surface area contributed by atoms with Crippen LogP contribution in [0.3, 0.4) is 0 Å². The van der Waals surface area contributed by atoms with Gasteiger partial charge in [-0.3, -0.25) is 0 Å². The first-order valence-electron chi connectivity index (χ1n) is 5.99. The van der Waals surface area contributed by atoms with Gasteiger partial charge >= 0.3 is 5.97 Å². The number of aromatic nitrogens is 1.